The smallest absolute Gasteiger partial charge is 0.290 e. The van der Waals surface area contributed by atoms with Crippen molar-refractivity contribution in [3.63, 3.8) is 0 Å². The number of carbonyl (C=O) groups is 1. The van der Waals surface area contributed by atoms with E-state index in [0.717, 1.165) is 11.3 Å². The van der Waals surface area contributed by atoms with Gasteiger partial charge in [-0.25, -0.2) is 4.39 Å². The molecule has 0 bridgehead atoms. The van der Waals surface area contributed by atoms with Gasteiger partial charge >= 0.3 is 0 Å². The summed E-state index contributed by atoms with van der Waals surface area (Å²) in [7, 11) is 0. The Hall–Kier alpha value is -2.63. The van der Waals surface area contributed by atoms with Crippen molar-refractivity contribution in [1.82, 2.24) is 15.1 Å². The second kappa shape index (κ2) is 3.93. The van der Waals surface area contributed by atoms with Gasteiger partial charge in [0, 0.05) is 17.5 Å². The summed E-state index contributed by atoms with van der Waals surface area (Å²) >= 11 is 0. The maximum atomic E-state index is 13.1. The molecular formula is C14H10FN3O2. The Kier molecular flexibility index (Phi) is 2.20. The standard InChI is InChI=1S/C14H10FN3O2/c15-10-1-2-12-8(3-10)4-13(20-12)14(19)18-6-9-5-16-17-11(9)7-18/h1-5H,6-7H2,(H,16,17). The zero-order valence-electron chi connectivity index (χ0n) is 10.4. The Morgan fingerprint density at radius 1 is 1.35 bits per heavy atom. The Bertz CT molecular complexity index is 800. The molecule has 5 nitrogen and oxygen atoms in total. The van der Waals surface area contributed by atoms with Crippen LogP contribution in [0.4, 0.5) is 4.39 Å². The summed E-state index contributed by atoms with van der Waals surface area (Å²) in [5.74, 6) is -0.325. The summed E-state index contributed by atoms with van der Waals surface area (Å²) in [6, 6.07) is 5.77. The number of amides is 1. The number of halogens is 1. The largest absolute Gasteiger partial charge is 0.451 e. The molecule has 1 aromatic carbocycles. The molecule has 0 saturated heterocycles. The molecular weight excluding hydrogens is 261 g/mol. The number of nitrogens with one attached hydrogen (secondary N) is 1. The van der Waals surface area contributed by atoms with E-state index in [4.69, 9.17) is 4.42 Å². The van der Waals surface area contributed by atoms with E-state index in [1.807, 2.05) is 0 Å². The Labute approximate surface area is 113 Å². The first-order valence-electron chi connectivity index (χ1n) is 6.20. The van der Waals surface area contributed by atoms with Gasteiger partial charge in [-0.05, 0) is 24.3 Å². The number of H-pyrrole nitrogens is 1. The van der Waals surface area contributed by atoms with Gasteiger partial charge in [0.2, 0.25) is 0 Å². The highest BCUT2D eigenvalue weighted by Crippen LogP contribution is 2.25. The van der Waals surface area contributed by atoms with Crippen LogP contribution in [0.1, 0.15) is 21.8 Å². The number of carbonyl (C=O) groups excluding carboxylic acids is 1. The number of fused-ring (bicyclic) bond motifs is 2. The SMILES string of the molecule is O=C(c1cc2cc(F)ccc2o1)N1Cc2cn[nH]c2C1. The zero-order valence-corrected chi connectivity index (χ0v) is 10.4. The molecule has 0 atom stereocenters. The molecule has 0 fully saturated rings. The monoisotopic (exact) mass is 271 g/mol. The first-order chi connectivity index (χ1) is 9.70. The molecule has 1 amide bonds. The van der Waals surface area contributed by atoms with Crippen molar-refractivity contribution in [2.24, 2.45) is 0 Å². The van der Waals surface area contributed by atoms with Gasteiger partial charge in [0.05, 0.1) is 18.4 Å². The Morgan fingerprint density at radius 2 is 2.25 bits per heavy atom. The summed E-state index contributed by atoms with van der Waals surface area (Å²) < 4.78 is 18.6. The topological polar surface area (TPSA) is 62.1 Å². The van der Waals surface area contributed by atoms with E-state index in [1.54, 1.807) is 17.2 Å². The molecule has 20 heavy (non-hydrogen) atoms. The molecule has 3 heterocycles. The summed E-state index contributed by atoms with van der Waals surface area (Å²) in [4.78, 5) is 14.0. The molecule has 0 spiro atoms. The molecule has 1 aliphatic rings. The first-order valence-corrected chi connectivity index (χ1v) is 6.20. The van der Waals surface area contributed by atoms with Gasteiger partial charge < -0.3 is 9.32 Å². The van der Waals surface area contributed by atoms with Gasteiger partial charge in [-0.15, -0.1) is 0 Å². The van der Waals surface area contributed by atoms with Crippen LogP contribution >= 0.6 is 0 Å². The lowest BCUT2D eigenvalue weighted by atomic mass is 10.2. The third-order valence-corrected chi connectivity index (χ3v) is 3.49. The van der Waals surface area contributed by atoms with E-state index in [1.165, 1.54) is 18.2 Å². The molecule has 3 aromatic rings. The first kappa shape index (κ1) is 11.2. The van der Waals surface area contributed by atoms with Crippen LogP contribution in [0.5, 0.6) is 0 Å². The normalized spacial score (nSPS) is 13.9. The maximum Gasteiger partial charge on any atom is 0.290 e. The highest BCUT2D eigenvalue weighted by molar-refractivity contribution is 5.96. The van der Waals surface area contributed by atoms with Crippen LogP contribution in [0, 0.1) is 5.82 Å². The van der Waals surface area contributed by atoms with Crippen molar-refractivity contribution in [2.75, 3.05) is 0 Å². The van der Waals surface area contributed by atoms with Crippen LogP contribution in [0.3, 0.4) is 0 Å². The average molecular weight is 271 g/mol. The average Bonchev–Trinajstić information content (AvgIpc) is 3.10. The third kappa shape index (κ3) is 1.61. The fourth-order valence-electron chi connectivity index (χ4n) is 2.48. The van der Waals surface area contributed by atoms with Crippen molar-refractivity contribution >= 4 is 16.9 Å². The number of rotatable bonds is 1. The summed E-state index contributed by atoms with van der Waals surface area (Å²) in [5.41, 5.74) is 2.47. The van der Waals surface area contributed by atoms with Gasteiger partial charge in [0.15, 0.2) is 5.76 Å². The number of aromatic nitrogens is 2. The Balaban J connectivity index is 1.66. The molecule has 6 heteroatoms. The van der Waals surface area contributed by atoms with E-state index in [0.29, 0.717) is 24.1 Å². The van der Waals surface area contributed by atoms with Gasteiger partial charge in [0.25, 0.3) is 5.91 Å². The predicted molar refractivity (Wildman–Crippen MR) is 68.3 cm³/mol. The number of benzene rings is 1. The van der Waals surface area contributed by atoms with E-state index < -0.39 is 0 Å². The van der Waals surface area contributed by atoms with E-state index >= 15 is 0 Å². The summed E-state index contributed by atoms with van der Waals surface area (Å²) in [6.07, 6.45) is 1.72. The molecule has 0 radical (unpaired) electrons. The van der Waals surface area contributed by atoms with Crippen molar-refractivity contribution in [3.05, 3.63) is 53.3 Å². The minimum atomic E-state index is -0.348. The highest BCUT2D eigenvalue weighted by Gasteiger charge is 2.27. The molecule has 0 unspecified atom stereocenters. The quantitative estimate of drug-likeness (QED) is 0.739. The molecule has 1 aliphatic heterocycles. The highest BCUT2D eigenvalue weighted by atomic mass is 19.1. The van der Waals surface area contributed by atoms with Crippen LogP contribution in [-0.4, -0.2) is 21.0 Å². The van der Waals surface area contributed by atoms with E-state index in [-0.39, 0.29) is 17.5 Å². The minimum Gasteiger partial charge on any atom is -0.451 e. The number of hydrogen-bond donors (Lipinski definition) is 1. The number of furan rings is 1. The van der Waals surface area contributed by atoms with Crippen LogP contribution in [0.15, 0.2) is 34.9 Å². The Morgan fingerprint density at radius 3 is 3.10 bits per heavy atom. The molecule has 2 aromatic heterocycles. The van der Waals surface area contributed by atoms with Gasteiger partial charge in [-0.1, -0.05) is 0 Å². The zero-order chi connectivity index (χ0) is 13.7. The molecule has 1 N–H and O–H groups in total. The predicted octanol–water partition coefficient (Wildman–Crippen LogP) is 2.45. The van der Waals surface area contributed by atoms with Crippen LogP contribution in [0.2, 0.25) is 0 Å². The van der Waals surface area contributed by atoms with E-state index in [2.05, 4.69) is 10.2 Å². The van der Waals surface area contributed by atoms with Crippen molar-refractivity contribution in [3.8, 4) is 0 Å². The summed E-state index contributed by atoms with van der Waals surface area (Å²) in [5, 5.41) is 7.38. The van der Waals surface area contributed by atoms with Crippen molar-refractivity contribution in [1.29, 1.82) is 0 Å². The molecule has 4 rings (SSSR count). The fourth-order valence-corrected chi connectivity index (χ4v) is 2.48. The van der Waals surface area contributed by atoms with Crippen LogP contribution in [0.25, 0.3) is 11.0 Å². The molecule has 0 saturated carbocycles. The van der Waals surface area contributed by atoms with Crippen molar-refractivity contribution < 1.29 is 13.6 Å². The van der Waals surface area contributed by atoms with Crippen molar-refractivity contribution in [2.45, 2.75) is 13.1 Å². The van der Waals surface area contributed by atoms with Crippen LogP contribution < -0.4 is 0 Å². The third-order valence-electron chi connectivity index (χ3n) is 3.49. The van der Waals surface area contributed by atoms with Gasteiger partial charge in [-0.2, -0.15) is 5.10 Å². The lowest BCUT2D eigenvalue weighted by Crippen LogP contribution is -2.25. The molecule has 100 valence electrons. The number of nitrogens with zero attached hydrogens (tertiary/aromatic N) is 2. The van der Waals surface area contributed by atoms with Gasteiger partial charge in [0.1, 0.15) is 11.4 Å². The fraction of sp³-hybridized carbons (Fsp3) is 0.143. The number of hydrogen-bond acceptors (Lipinski definition) is 3. The lowest BCUT2D eigenvalue weighted by Gasteiger charge is -2.13. The lowest BCUT2D eigenvalue weighted by molar-refractivity contribution is 0.0719. The van der Waals surface area contributed by atoms with Crippen LogP contribution in [-0.2, 0) is 13.1 Å². The van der Waals surface area contributed by atoms with E-state index in [9.17, 15) is 9.18 Å². The summed E-state index contributed by atoms with van der Waals surface area (Å²) in [6.45, 7) is 0.996. The second-order valence-corrected chi connectivity index (χ2v) is 4.83. The number of aromatic amines is 1. The maximum absolute atomic E-state index is 13.1. The second-order valence-electron chi connectivity index (χ2n) is 4.83. The minimum absolute atomic E-state index is 0.203. The molecule has 0 aliphatic carbocycles. The van der Waals surface area contributed by atoms with Gasteiger partial charge in [-0.3, -0.25) is 9.89 Å².